The SMILES string of the molecule is CN[C@@H](C)c1ncc(-c2ccc(-c3ccc(-c4cnc([C@H]5CCCN5C(=O)OCc5ccccc5)[nH]4)cc3)cc2)[nH]1. The summed E-state index contributed by atoms with van der Waals surface area (Å²) in [7, 11) is 1.92. The van der Waals surface area contributed by atoms with E-state index in [0.717, 1.165) is 63.7 Å². The van der Waals surface area contributed by atoms with Gasteiger partial charge in [0.2, 0.25) is 0 Å². The Hall–Kier alpha value is -4.69. The molecular weight excluding hydrogens is 512 g/mol. The second kappa shape index (κ2) is 11.8. The Labute approximate surface area is 239 Å². The summed E-state index contributed by atoms with van der Waals surface area (Å²) >= 11 is 0. The molecule has 0 unspecified atom stereocenters. The molecule has 5 aromatic rings. The van der Waals surface area contributed by atoms with Gasteiger partial charge in [0, 0.05) is 6.54 Å². The Morgan fingerprint density at radius 2 is 1.51 bits per heavy atom. The van der Waals surface area contributed by atoms with Gasteiger partial charge in [-0.1, -0.05) is 78.9 Å². The van der Waals surface area contributed by atoms with Gasteiger partial charge in [-0.25, -0.2) is 14.8 Å². The van der Waals surface area contributed by atoms with Crippen molar-refractivity contribution < 1.29 is 9.53 Å². The third-order valence-corrected chi connectivity index (χ3v) is 7.77. The molecule has 1 amide bonds. The topological polar surface area (TPSA) is 98.9 Å². The highest BCUT2D eigenvalue weighted by Crippen LogP contribution is 2.33. The van der Waals surface area contributed by atoms with Crippen molar-refractivity contribution in [2.45, 2.75) is 38.5 Å². The van der Waals surface area contributed by atoms with E-state index in [1.165, 1.54) is 0 Å². The Balaban J connectivity index is 1.11. The molecule has 3 aromatic carbocycles. The minimum Gasteiger partial charge on any atom is -0.445 e. The van der Waals surface area contributed by atoms with E-state index in [1.54, 1.807) is 4.90 Å². The van der Waals surface area contributed by atoms with Gasteiger partial charge in [-0.15, -0.1) is 0 Å². The highest BCUT2D eigenvalue weighted by Gasteiger charge is 2.33. The molecule has 2 aromatic heterocycles. The van der Waals surface area contributed by atoms with Crippen LogP contribution in [-0.2, 0) is 11.3 Å². The molecule has 6 rings (SSSR count). The summed E-state index contributed by atoms with van der Waals surface area (Å²) in [5.74, 6) is 1.72. The van der Waals surface area contributed by atoms with Crippen LogP contribution in [-0.4, -0.2) is 44.5 Å². The van der Waals surface area contributed by atoms with Gasteiger partial charge in [0.1, 0.15) is 18.3 Å². The molecule has 0 radical (unpaired) electrons. The molecule has 0 spiro atoms. The smallest absolute Gasteiger partial charge is 0.410 e. The average Bonchev–Trinajstić information content (AvgIpc) is 3.81. The molecule has 0 aliphatic carbocycles. The number of likely N-dealkylation sites (tertiary alicyclic amines) is 1. The van der Waals surface area contributed by atoms with Crippen molar-refractivity contribution >= 4 is 6.09 Å². The highest BCUT2D eigenvalue weighted by molar-refractivity contribution is 5.72. The first-order chi connectivity index (χ1) is 20.1. The van der Waals surface area contributed by atoms with Crippen LogP contribution in [0, 0.1) is 0 Å². The van der Waals surface area contributed by atoms with E-state index < -0.39 is 0 Å². The lowest BCUT2D eigenvalue weighted by atomic mass is 10.0. The lowest BCUT2D eigenvalue weighted by molar-refractivity contribution is 0.0910. The molecule has 1 aliphatic rings. The van der Waals surface area contributed by atoms with E-state index in [1.807, 2.05) is 49.8 Å². The molecule has 0 saturated carbocycles. The summed E-state index contributed by atoms with van der Waals surface area (Å²) in [6, 6.07) is 26.7. The molecule has 1 aliphatic heterocycles. The first-order valence-corrected chi connectivity index (χ1v) is 14.0. The van der Waals surface area contributed by atoms with E-state index in [4.69, 9.17) is 4.74 Å². The van der Waals surface area contributed by atoms with Crippen LogP contribution >= 0.6 is 0 Å². The molecular formula is C33H34N6O2. The average molecular weight is 547 g/mol. The number of rotatable bonds is 8. The third-order valence-electron chi connectivity index (χ3n) is 7.77. The molecule has 41 heavy (non-hydrogen) atoms. The molecule has 2 atom stereocenters. The first-order valence-electron chi connectivity index (χ1n) is 14.0. The van der Waals surface area contributed by atoms with Crippen molar-refractivity contribution in [1.29, 1.82) is 0 Å². The van der Waals surface area contributed by atoms with Gasteiger partial charge >= 0.3 is 6.09 Å². The summed E-state index contributed by atoms with van der Waals surface area (Å²) in [4.78, 5) is 30.6. The van der Waals surface area contributed by atoms with E-state index in [-0.39, 0.29) is 24.8 Å². The number of aromatic amines is 2. The Bertz CT molecular complexity index is 1590. The number of benzene rings is 3. The fraction of sp³-hybridized carbons (Fsp3) is 0.242. The van der Waals surface area contributed by atoms with Gasteiger partial charge in [-0.2, -0.15) is 0 Å². The summed E-state index contributed by atoms with van der Waals surface area (Å²) in [6.07, 6.45) is 5.20. The van der Waals surface area contributed by atoms with Crippen LogP contribution in [0.25, 0.3) is 33.6 Å². The van der Waals surface area contributed by atoms with E-state index in [9.17, 15) is 4.79 Å². The van der Waals surface area contributed by atoms with Crippen LogP contribution in [0.5, 0.6) is 0 Å². The molecule has 8 nitrogen and oxygen atoms in total. The van der Waals surface area contributed by atoms with Gasteiger partial charge in [0.25, 0.3) is 0 Å². The van der Waals surface area contributed by atoms with Crippen molar-refractivity contribution in [3.05, 3.63) is 108 Å². The lowest BCUT2D eigenvalue weighted by Gasteiger charge is -2.22. The van der Waals surface area contributed by atoms with Crippen LogP contribution in [0.3, 0.4) is 0 Å². The zero-order valence-electron chi connectivity index (χ0n) is 23.3. The minimum absolute atomic E-state index is 0.114. The normalized spacial score (nSPS) is 15.7. The number of nitrogens with one attached hydrogen (secondary N) is 3. The Morgan fingerprint density at radius 1 is 0.902 bits per heavy atom. The van der Waals surface area contributed by atoms with Gasteiger partial charge in [-0.3, -0.25) is 4.90 Å². The lowest BCUT2D eigenvalue weighted by Crippen LogP contribution is -2.31. The molecule has 208 valence electrons. The molecule has 8 heteroatoms. The fourth-order valence-electron chi connectivity index (χ4n) is 5.25. The third kappa shape index (κ3) is 5.78. The summed E-state index contributed by atoms with van der Waals surface area (Å²) < 4.78 is 5.60. The molecule has 1 fully saturated rings. The van der Waals surface area contributed by atoms with Crippen molar-refractivity contribution in [2.24, 2.45) is 0 Å². The van der Waals surface area contributed by atoms with Crippen LogP contribution in [0.1, 0.15) is 49.1 Å². The van der Waals surface area contributed by atoms with Gasteiger partial charge in [0.15, 0.2) is 0 Å². The predicted molar refractivity (Wildman–Crippen MR) is 160 cm³/mol. The number of H-pyrrole nitrogens is 2. The van der Waals surface area contributed by atoms with Crippen molar-refractivity contribution in [1.82, 2.24) is 30.2 Å². The van der Waals surface area contributed by atoms with Crippen LogP contribution < -0.4 is 5.32 Å². The number of hydrogen-bond donors (Lipinski definition) is 3. The number of carbonyl (C=O) groups excluding carboxylic acids is 1. The van der Waals surface area contributed by atoms with Crippen LogP contribution in [0.15, 0.2) is 91.3 Å². The number of hydrogen-bond acceptors (Lipinski definition) is 5. The molecule has 0 bridgehead atoms. The van der Waals surface area contributed by atoms with Crippen molar-refractivity contribution in [3.63, 3.8) is 0 Å². The number of carbonyl (C=O) groups is 1. The monoisotopic (exact) mass is 546 g/mol. The van der Waals surface area contributed by atoms with Crippen LogP contribution in [0.4, 0.5) is 4.79 Å². The quantitative estimate of drug-likeness (QED) is 0.197. The standard InChI is InChI=1S/C33H34N6O2/c1-22(34-2)31-35-19-28(37-31)26-14-10-24(11-15-26)25-12-16-27(17-13-25)29-20-36-32(38-29)30-9-6-18-39(30)33(40)41-21-23-7-4-3-5-8-23/h3-5,7-8,10-17,19-20,22,30,34H,6,9,18,21H2,1-2H3,(H,35,37)(H,36,38)/t22-,30+/m0/s1. The fourth-order valence-corrected chi connectivity index (χ4v) is 5.25. The van der Waals surface area contributed by atoms with Gasteiger partial charge < -0.3 is 20.0 Å². The Morgan fingerprint density at radius 3 is 2.17 bits per heavy atom. The van der Waals surface area contributed by atoms with E-state index in [0.29, 0.717) is 6.54 Å². The zero-order valence-corrected chi connectivity index (χ0v) is 23.3. The number of aromatic nitrogens is 4. The molecule has 3 heterocycles. The van der Waals surface area contributed by atoms with Crippen molar-refractivity contribution in [2.75, 3.05) is 13.6 Å². The Kier molecular flexibility index (Phi) is 7.65. The van der Waals surface area contributed by atoms with E-state index >= 15 is 0 Å². The number of ether oxygens (including phenoxy) is 1. The second-order valence-corrected chi connectivity index (χ2v) is 10.4. The van der Waals surface area contributed by atoms with Crippen molar-refractivity contribution in [3.8, 4) is 33.6 Å². The first kappa shape index (κ1) is 26.5. The maximum absolute atomic E-state index is 12.8. The zero-order chi connectivity index (χ0) is 28.2. The number of imidazole rings is 2. The summed E-state index contributed by atoms with van der Waals surface area (Å²) in [6.45, 7) is 3.01. The maximum Gasteiger partial charge on any atom is 0.410 e. The molecule has 1 saturated heterocycles. The maximum atomic E-state index is 12.8. The number of nitrogens with zero attached hydrogens (tertiary/aromatic N) is 3. The second-order valence-electron chi connectivity index (χ2n) is 10.4. The van der Waals surface area contributed by atoms with Crippen LogP contribution in [0.2, 0.25) is 0 Å². The predicted octanol–water partition coefficient (Wildman–Crippen LogP) is 6.89. The minimum atomic E-state index is -0.301. The van der Waals surface area contributed by atoms with Gasteiger partial charge in [0.05, 0.1) is 35.9 Å². The van der Waals surface area contributed by atoms with Gasteiger partial charge in [-0.05, 0) is 54.6 Å². The largest absolute Gasteiger partial charge is 0.445 e. The van der Waals surface area contributed by atoms with E-state index in [2.05, 4.69) is 80.7 Å². The molecule has 3 N–H and O–H groups in total. The highest BCUT2D eigenvalue weighted by atomic mass is 16.6. The summed E-state index contributed by atoms with van der Waals surface area (Å²) in [5, 5.41) is 3.20. The summed E-state index contributed by atoms with van der Waals surface area (Å²) in [5.41, 5.74) is 7.33. The number of amides is 1.